The lowest BCUT2D eigenvalue weighted by molar-refractivity contribution is 0.660. The van der Waals surface area contributed by atoms with Gasteiger partial charge in [0.2, 0.25) is 0 Å². The second-order valence-electron chi connectivity index (χ2n) is 11.7. The van der Waals surface area contributed by atoms with Crippen LogP contribution in [-0.4, -0.2) is 15.0 Å². The molecule has 0 amide bonds. The number of hydrogen-bond acceptors (Lipinski definition) is 4. The predicted octanol–water partition coefficient (Wildman–Crippen LogP) is 10.2. The molecule has 0 saturated heterocycles. The van der Waals surface area contributed by atoms with Gasteiger partial charge in [0.1, 0.15) is 11.2 Å². The summed E-state index contributed by atoms with van der Waals surface area (Å²) in [6, 6.07) is 30.3. The number of fused-ring (bicyclic) bond motifs is 7. The van der Waals surface area contributed by atoms with Crippen LogP contribution in [0.5, 0.6) is 0 Å². The zero-order chi connectivity index (χ0) is 33.8. The third-order valence-electron chi connectivity index (χ3n) is 8.81. The number of furan rings is 1. The maximum Gasteiger partial charge on any atom is 0.167 e. The maximum absolute atomic E-state index is 8.78. The van der Waals surface area contributed by atoms with E-state index in [-0.39, 0.29) is 34.7 Å². The Morgan fingerprint density at radius 1 is 0.591 bits per heavy atom. The van der Waals surface area contributed by atoms with Crippen LogP contribution in [0.15, 0.2) is 132 Å². The molecule has 1 aliphatic carbocycles. The highest BCUT2D eigenvalue weighted by molar-refractivity contribution is 6.13. The highest BCUT2D eigenvalue weighted by Crippen LogP contribution is 2.51. The zero-order valence-corrected chi connectivity index (χ0v) is 24.0. The van der Waals surface area contributed by atoms with Gasteiger partial charge in [-0.3, -0.25) is 0 Å². The van der Waals surface area contributed by atoms with Crippen molar-refractivity contribution in [3.63, 3.8) is 0 Å². The Labute approximate surface area is 261 Å². The fourth-order valence-corrected chi connectivity index (χ4v) is 6.69. The smallest absolute Gasteiger partial charge is 0.167 e. The van der Waals surface area contributed by atoms with Gasteiger partial charge in [0, 0.05) is 27.3 Å². The molecule has 0 unspecified atom stereocenters. The van der Waals surface area contributed by atoms with E-state index < -0.39 is 18.1 Å². The van der Waals surface area contributed by atoms with Gasteiger partial charge in [-0.25, -0.2) is 15.0 Å². The number of hydrogen-bond donors (Lipinski definition) is 0. The summed E-state index contributed by atoms with van der Waals surface area (Å²) in [4.78, 5) is 14.8. The molecule has 9 rings (SSSR count). The molecule has 2 heterocycles. The Balaban J connectivity index is 1.36. The first-order valence-corrected chi connectivity index (χ1v) is 14.5. The van der Waals surface area contributed by atoms with Gasteiger partial charge >= 0.3 is 0 Å². The summed E-state index contributed by atoms with van der Waals surface area (Å²) in [6.45, 7) is 4.40. The quantitative estimate of drug-likeness (QED) is 0.212. The molecular formula is C40H27N3O. The minimum atomic E-state index is -0.479. The molecule has 0 bridgehead atoms. The average Bonchev–Trinajstić information content (AvgIpc) is 3.60. The third kappa shape index (κ3) is 3.61. The number of nitrogens with zero attached hydrogens (tertiary/aromatic N) is 3. The first-order valence-electron chi connectivity index (χ1n) is 17.0. The van der Waals surface area contributed by atoms with E-state index in [1.54, 1.807) is 0 Å². The van der Waals surface area contributed by atoms with E-state index in [1.807, 2.05) is 66.7 Å². The number of rotatable bonds is 3. The van der Waals surface area contributed by atoms with Crippen LogP contribution in [0.4, 0.5) is 0 Å². The van der Waals surface area contributed by atoms with E-state index in [1.165, 1.54) is 5.56 Å². The first-order chi connectivity index (χ1) is 23.6. The standard InChI is InChI=1S/C40H27N3O/c1-40(2)32-20-9-8-16-28(32)35-29(18-11-21-33(35)40)38-41-37(24-12-4-3-5-13-24)42-39(43-38)30-19-10-17-27-31-22-25-14-6-7-15-26(25)23-34(31)44-36(27)30/h3-23H,1-2H3/i3D,4D,5D,12D,13D. The van der Waals surface area contributed by atoms with Crippen LogP contribution in [0.2, 0.25) is 0 Å². The molecule has 1 aliphatic rings. The molecule has 4 heteroatoms. The predicted molar refractivity (Wildman–Crippen MR) is 178 cm³/mol. The van der Waals surface area contributed by atoms with Crippen molar-refractivity contribution in [2.45, 2.75) is 19.3 Å². The summed E-state index contributed by atoms with van der Waals surface area (Å²) in [5.74, 6) is 0.582. The first kappa shape index (κ1) is 20.3. The molecule has 8 aromatic rings. The SMILES string of the molecule is [2H]c1c([2H])c([2H])c(-c2nc(-c3cccc4c3-c3ccccc3C4(C)C)nc(-c3cccc4c3oc3cc5ccccc5cc34)n2)c([2H])c1[2H]. The Morgan fingerprint density at radius 2 is 1.23 bits per heavy atom. The molecule has 0 saturated carbocycles. The molecular weight excluding hydrogens is 538 g/mol. The van der Waals surface area contributed by atoms with E-state index in [4.69, 9.17) is 26.2 Å². The minimum Gasteiger partial charge on any atom is -0.455 e. The van der Waals surface area contributed by atoms with Gasteiger partial charge in [-0.2, -0.15) is 0 Å². The summed E-state index contributed by atoms with van der Waals surface area (Å²) in [7, 11) is 0. The van der Waals surface area contributed by atoms with Crippen LogP contribution < -0.4 is 0 Å². The lowest BCUT2D eigenvalue weighted by Gasteiger charge is -2.21. The third-order valence-corrected chi connectivity index (χ3v) is 8.81. The summed E-state index contributed by atoms with van der Waals surface area (Å²) >= 11 is 0. The van der Waals surface area contributed by atoms with Crippen molar-refractivity contribution in [1.29, 1.82) is 0 Å². The van der Waals surface area contributed by atoms with E-state index in [9.17, 15) is 0 Å². The van der Waals surface area contributed by atoms with Gasteiger partial charge in [0.25, 0.3) is 0 Å². The Kier molecular flexibility index (Phi) is 4.25. The van der Waals surface area contributed by atoms with Gasteiger partial charge in [-0.15, -0.1) is 0 Å². The lowest BCUT2D eigenvalue weighted by Crippen LogP contribution is -2.14. The molecule has 0 N–H and O–H groups in total. The van der Waals surface area contributed by atoms with Crippen molar-refractivity contribution in [1.82, 2.24) is 15.0 Å². The zero-order valence-electron chi connectivity index (χ0n) is 29.0. The molecule has 2 aromatic heterocycles. The number of aromatic nitrogens is 3. The Bertz CT molecular complexity index is 2690. The summed E-state index contributed by atoms with van der Waals surface area (Å²) in [5, 5.41) is 3.99. The van der Waals surface area contributed by atoms with Crippen molar-refractivity contribution in [2.24, 2.45) is 0 Å². The largest absolute Gasteiger partial charge is 0.455 e. The van der Waals surface area contributed by atoms with E-state index in [0.717, 1.165) is 49.4 Å². The monoisotopic (exact) mass is 570 g/mol. The molecule has 4 nitrogen and oxygen atoms in total. The normalized spacial score (nSPS) is 15.0. The van der Waals surface area contributed by atoms with Crippen LogP contribution >= 0.6 is 0 Å². The second kappa shape index (κ2) is 9.19. The van der Waals surface area contributed by atoms with Gasteiger partial charge in [-0.1, -0.05) is 123 Å². The van der Waals surface area contributed by atoms with Crippen LogP contribution in [-0.2, 0) is 5.41 Å². The van der Waals surface area contributed by atoms with Crippen molar-refractivity contribution >= 4 is 32.7 Å². The fraction of sp³-hybridized carbons (Fsp3) is 0.0750. The van der Waals surface area contributed by atoms with Crippen molar-refractivity contribution < 1.29 is 11.3 Å². The van der Waals surface area contributed by atoms with Crippen LogP contribution in [0.1, 0.15) is 31.8 Å². The lowest BCUT2D eigenvalue weighted by atomic mass is 9.82. The minimum absolute atomic E-state index is 0.0148. The van der Waals surface area contributed by atoms with E-state index >= 15 is 0 Å². The van der Waals surface area contributed by atoms with Gasteiger partial charge in [0.05, 0.1) is 12.4 Å². The molecule has 0 spiro atoms. The van der Waals surface area contributed by atoms with Crippen LogP contribution in [0, 0.1) is 0 Å². The van der Waals surface area contributed by atoms with Gasteiger partial charge in [0.15, 0.2) is 17.5 Å². The molecule has 44 heavy (non-hydrogen) atoms. The summed E-state index contributed by atoms with van der Waals surface area (Å²) < 4.78 is 49.0. The van der Waals surface area contributed by atoms with E-state index in [0.29, 0.717) is 17.0 Å². The molecule has 6 aromatic carbocycles. The molecule has 0 atom stereocenters. The second-order valence-corrected chi connectivity index (χ2v) is 11.7. The number of benzene rings is 6. The summed E-state index contributed by atoms with van der Waals surface area (Å²) in [5.41, 5.74) is 6.71. The Hall–Kier alpha value is -5.61. The van der Waals surface area contributed by atoms with Crippen molar-refractivity contribution in [3.05, 3.63) is 138 Å². The Morgan fingerprint density at radius 3 is 2.07 bits per heavy atom. The highest BCUT2D eigenvalue weighted by Gasteiger charge is 2.37. The molecule has 0 fully saturated rings. The summed E-state index contributed by atoms with van der Waals surface area (Å²) in [6.07, 6.45) is 0. The average molecular weight is 571 g/mol. The fourth-order valence-electron chi connectivity index (χ4n) is 6.69. The maximum atomic E-state index is 8.78. The van der Waals surface area contributed by atoms with E-state index in [2.05, 4.69) is 44.2 Å². The van der Waals surface area contributed by atoms with Crippen LogP contribution in [0.3, 0.4) is 0 Å². The molecule has 0 aliphatic heterocycles. The highest BCUT2D eigenvalue weighted by atomic mass is 16.3. The topological polar surface area (TPSA) is 51.8 Å². The number of para-hydroxylation sites is 1. The van der Waals surface area contributed by atoms with Gasteiger partial charge < -0.3 is 4.42 Å². The molecule has 0 radical (unpaired) electrons. The van der Waals surface area contributed by atoms with Crippen LogP contribution in [0.25, 0.3) is 78.0 Å². The molecule has 208 valence electrons. The van der Waals surface area contributed by atoms with Crippen molar-refractivity contribution in [2.75, 3.05) is 0 Å². The van der Waals surface area contributed by atoms with Crippen molar-refractivity contribution in [3.8, 4) is 45.3 Å². The van der Waals surface area contributed by atoms with Gasteiger partial charge in [-0.05, 0) is 51.2 Å².